The summed E-state index contributed by atoms with van der Waals surface area (Å²) >= 11 is 0. The number of aryl methyl sites for hydroxylation is 1. The molecule has 0 aliphatic heterocycles. The summed E-state index contributed by atoms with van der Waals surface area (Å²) < 4.78 is 5.51. The molecule has 0 saturated carbocycles. The van der Waals surface area contributed by atoms with E-state index >= 15 is 0 Å². The van der Waals surface area contributed by atoms with Gasteiger partial charge in [-0.1, -0.05) is 18.2 Å². The minimum atomic E-state index is -0.969. The molecule has 0 saturated heterocycles. The van der Waals surface area contributed by atoms with Gasteiger partial charge in [0.25, 0.3) is 0 Å². The molecule has 1 unspecified atom stereocenters. The molecule has 3 aromatic rings. The maximum atomic E-state index is 11.3. The predicted octanol–water partition coefficient (Wildman–Crippen LogP) is 3.40. The van der Waals surface area contributed by atoms with Gasteiger partial charge in [0.1, 0.15) is 11.4 Å². The van der Waals surface area contributed by atoms with E-state index in [0.717, 1.165) is 40.6 Å². The molecule has 20 heavy (non-hydrogen) atoms. The minimum absolute atomic E-state index is 0.716. The molecule has 0 amide bonds. The van der Waals surface area contributed by atoms with E-state index < -0.39 is 5.60 Å². The molecule has 4 rings (SSSR count). The Bertz CT molecular complexity index is 772. The lowest BCUT2D eigenvalue weighted by Gasteiger charge is -2.33. The third kappa shape index (κ3) is 1.53. The molecule has 0 spiro atoms. The van der Waals surface area contributed by atoms with Crippen LogP contribution in [0.25, 0.3) is 10.9 Å². The second-order valence-electron chi connectivity index (χ2n) is 5.35. The first-order valence-electron chi connectivity index (χ1n) is 6.92. The highest BCUT2D eigenvalue weighted by atomic mass is 16.3. The van der Waals surface area contributed by atoms with Gasteiger partial charge < -0.3 is 9.52 Å². The lowest BCUT2D eigenvalue weighted by Crippen LogP contribution is -2.31. The number of aromatic nitrogens is 1. The van der Waals surface area contributed by atoms with E-state index in [1.54, 1.807) is 12.5 Å². The molecule has 0 radical (unpaired) electrons. The van der Waals surface area contributed by atoms with Gasteiger partial charge in [-0.25, -0.2) is 0 Å². The van der Waals surface area contributed by atoms with Crippen molar-refractivity contribution in [2.24, 2.45) is 0 Å². The number of fused-ring (bicyclic) bond motifs is 2. The Morgan fingerprint density at radius 2 is 2.05 bits per heavy atom. The SMILES string of the molecule is OC1(c2cccc3ncccc23)CCCc2occc21. The minimum Gasteiger partial charge on any atom is -0.469 e. The molecule has 2 aromatic heterocycles. The van der Waals surface area contributed by atoms with Crippen molar-refractivity contribution in [1.82, 2.24) is 4.98 Å². The second-order valence-corrected chi connectivity index (χ2v) is 5.35. The van der Waals surface area contributed by atoms with Gasteiger partial charge in [0, 0.05) is 23.6 Å². The van der Waals surface area contributed by atoms with Crippen LogP contribution in [-0.4, -0.2) is 10.1 Å². The monoisotopic (exact) mass is 265 g/mol. The highest BCUT2D eigenvalue weighted by Gasteiger charge is 2.38. The normalized spacial score (nSPS) is 21.9. The smallest absolute Gasteiger partial charge is 0.119 e. The molecular formula is C17H15NO2. The number of hydrogen-bond donors (Lipinski definition) is 1. The average molecular weight is 265 g/mol. The fourth-order valence-corrected chi connectivity index (χ4v) is 3.29. The average Bonchev–Trinajstić information content (AvgIpc) is 2.97. The molecule has 1 atom stereocenters. The van der Waals surface area contributed by atoms with E-state index in [-0.39, 0.29) is 0 Å². The van der Waals surface area contributed by atoms with Crippen LogP contribution in [0.1, 0.15) is 29.7 Å². The Morgan fingerprint density at radius 1 is 1.10 bits per heavy atom. The van der Waals surface area contributed by atoms with Gasteiger partial charge in [0.05, 0.1) is 11.8 Å². The number of aliphatic hydroxyl groups is 1. The second kappa shape index (κ2) is 4.18. The van der Waals surface area contributed by atoms with Crippen molar-refractivity contribution in [1.29, 1.82) is 0 Å². The van der Waals surface area contributed by atoms with Crippen LogP contribution in [0.5, 0.6) is 0 Å². The summed E-state index contributed by atoms with van der Waals surface area (Å²) in [4.78, 5) is 4.38. The quantitative estimate of drug-likeness (QED) is 0.733. The predicted molar refractivity (Wildman–Crippen MR) is 76.4 cm³/mol. The zero-order valence-electron chi connectivity index (χ0n) is 11.0. The largest absolute Gasteiger partial charge is 0.469 e. The van der Waals surface area contributed by atoms with Gasteiger partial charge in [-0.15, -0.1) is 0 Å². The van der Waals surface area contributed by atoms with E-state index in [2.05, 4.69) is 4.98 Å². The van der Waals surface area contributed by atoms with E-state index in [1.165, 1.54) is 0 Å². The number of nitrogens with zero attached hydrogens (tertiary/aromatic N) is 1. The van der Waals surface area contributed by atoms with Crippen LogP contribution in [0, 0.1) is 0 Å². The Morgan fingerprint density at radius 3 is 3.00 bits per heavy atom. The molecule has 0 fully saturated rings. The van der Waals surface area contributed by atoms with Crippen molar-refractivity contribution in [3.8, 4) is 0 Å². The van der Waals surface area contributed by atoms with E-state index in [0.29, 0.717) is 6.42 Å². The fourth-order valence-electron chi connectivity index (χ4n) is 3.29. The van der Waals surface area contributed by atoms with Crippen LogP contribution in [0.2, 0.25) is 0 Å². The van der Waals surface area contributed by atoms with Crippen molar-refractivity contribution >= 4 is 10.9 Å². The summed E-state index contributed by atoms with van der Waals surface area (Å²) in [6.45, 7) is 0. The van der Waals surface area contributed by atoms with Gasteiger partial charge in [-0.2, -0.15) is 0 Å². The van der Waals surface area contributed by atoms with Crippen molar-refractivity contribution in [3.63, 3.8) is 0 Å². The van der Waals surface area contributed by atoms with Gasteiger partial charge >= 0.3 is 0 Å². The number of furan rings is 1. The zero-order chi connectivity index (χ0) is 13.6. The molecule has 2 heterocycles. The topological polar surface area (TPSA) is 46.3 Å². The summed E-state index contributed by atoms with van der Waals surface area (Å²) in [6.07, 6.45) is 5.99. The maximum absolute atomic E-state index is 11.3. The third-order valence-electron chi connectivity index (χ3n) is 4.22. The summed E-state index contributed by atoms with van der Waals surface area (Å²) in [6, 6.07) is 11.7. The van der Waals surface area contributed by atoms with Crippen molar-refractivity contribution < 1.29 is 9.52 Å². The number of pyridine rings is 1. The van der Waals surface area contributed by atoms with Gasteiger partial charge in [0.15, 0.2) is 0 Å². The molecule has 1 aliphatic rings. The summed E-state index contributed by atoms with van der Waals surface area (Å²) in [5, 5.41) is 12.3. The first-order chi connectivity index (χ1) is 9.79. The standard InChI is InChI=1S/C17H15NO2/c19-17(9-2-7-16-14(17)8-11-20-16)13-5-1-6-15-12(13)4-3-10-18-15/h1,3-6,8,10-11,19H,2,7,9H2. The first kappa shape index (κ1) is 11.7. The lowest BCUT2D eigenvalue weighted by molar-refractivity contribution is 0.0604. The molecule has 3 nitrogen and oxygen atoms in total. The van der Waals surface area contributed by atoms with Crippen molar-refractivity contribution in [2.75, 3.05) is 0 Å². The molecular weight excluding hydrogens is 250 g/mol. The molecule has 1 N–H and O–H groups in total. The number of benzene rings is 1. The van der Waals surface area contributed by atoms with E-state index in [4.69, 9.17) is 4.42 Å². The van der Waals surface area contributed by atoms with Gasteiger partial charge in [0.2, 0.25) is 0 Å². The van der Waals surface area contributed by atoms with Crippen LogP contribution in [0.3, 0.4) is 0 Å². The van der Waals surface area contributed by atoms with Crippen LogP contribution in [0.15, 0.2) is 53.3 Å². The Kier molecular flexibility index (Phi) is 2.44. The molecule has 1 aliphatic carbocycles. The molecule has 3 heteroatoms. The molecule has 100 valence electrons. The first-order valence-corrected chi connectivity index (χ1v) is 6.92. The van der Waals surface area contributed by atoms with Gasteiger partial charge in [-0.05, 0) is 36.6 Å². The summed E-state index contributed by atoms with van der Waals surface area (Å²) in [5.74, 6) is 0.902. The van der Waals surface area contributed by atoms with Crippen molar-refractivity contribution in [3.05, 3.63) is 65.7 Å². The Balaban J connectivity index is 2.01. The van der Waals surface area contributed by atoms with Crippen LogP contribution in [0.4, 0.5) is 0 Å². The molecule has 0 bridgehead atoms. The Hall–Kier alpha value is -2.13. The Labute approximate surface area is 116 Å². The fraction of sp³-hybridized carbons (Fsp3) is 0.235. The van der Waals surface area contributed by atoms with Crippen LogP contribution >= 0.6 is 0 Å². The maximum Gasteiger partial charge on any atom is 0.119 e. The summed E-state index contributed by atoms with van der Waals surface area (Å²) in [5.41, 5.74) is 1.77. The van der Waals surface area contributed by atoms with Crippen LogP contribution in [-0.2, 0) is 12.0 Å². The van der Waals surface area contributed by atoms with Crippen LogP contribution < -0.4 is 0 Å². The highest BCUT2D eigenvalue weighted by Crippen LogP contribution is 2.43. The lowest BCUT2D eigenvalue weighted by atomic mass is 9.77. The highest BCUT2D eigenvalue weighted by molar-refractivity contribution is 5.83. The zero-order valence-corrected chi connectivity index (χ0v) is 11.0. The van der Waals surface area contributed by atoms with Gasteiger partial charge in [-0.3, -0.25) is 4.98 Å². The van der Waals surface area contributed by atoms with Crippen molar-refractivity contribution in [2.45, 2.75) is 24.9 Å². The van der Waals surface area contributed by atoms with E-state index in [1.807, 2.05) is 36.4 Å². The third-order valence-corrected chi connectivity index (χ3v) is 4.22. The van der Waals surface area contributed by atoms with E-state index in [9.17, 15) is 5.11 Å². The summed E-state index contributed by atoms with van der Waals surface area (Å²) in [7, 11) is 0. The molecule has 1 aromatic carbocycles. The number of rotatable bonds is 1. The number of hydrogen-bond acceptors (Lipinski definition) is 3.